The van der Waals surface area contributed by atoms with Crippen LogP contribution in [0.4, 0.5) is 0 Å². The van der Waals surface area contributed by atoms with E-state index in [-0.39, 0.29) is 28.1 Å². The van der Waals surface area contributed by atoms with Crippen molar-refractivity contribution >= 4 is 5.97 Å². The standard InChI is InChI=1S/C30H48O6/c1-25(2)12-14-30(24(35)36)15-13-27(5)16(19(30)21(25)32)8-9-18-28(27,6)11-10-17-26(3,4)22(33)20(31)23(34)29(17,18)7/h8,17-23,31-34H,9-15H2,1-7H3,(H,35,36)/t17-,18-,19+,20-,21+,22-,23+,27+,28+,29-,30-/m0/s1. The molecule has 0 spiro atoms. The minimum atomic E-state index is -1.20. The molecule has 5 aliphatic rings. The van der Waals surface area contributed by atoms with E-state index in [0.29, 0.717) is 25.7 Å². The fourth-order valence-electron chi connectivity index (χ4n) is 10.7. The van der Waals surface area contributed by atoms with E-state index in [0.717, 1.165) is 24.8 Å². The van der Waals surface area contributed by atoms with Gasteiger partial charge in [0.2, 0.25) is 0 Å². The quantitative estimate of drug-likeness (QED) is 0.343. The molecule has 11 atom stereocenters. The van der Waals surface area contributed by atoms with Crippen LogP contribution in [0, 0.1) is 50.2 Å². The van der Waals surface area contributed by atoms with Crippen molar-refractivity contribution in [2.45, 2.75) is 118 Å². The van der Waals surface area contributed by atoms with Crippen molar-refractivity contribution in [2.24, 2.45) is 50.2 Å². The highest BCUT2D eigenvalue weighted by Crippen LogP contribution is 2.75. The lowest BCUT2D eigenvalue weighted by Crippen LogP contribution is -2.72. The lowest BCUT2D eigenvalue weighted by Gasteiger charge is -2.72. The molecule has 0 radical (unpaired) electrons. The number of carboxylic acids is 1. The van der Waals surface area contributed by atoms with Crippen molar-refractivity contribution < 1.29 is 30.3 Å². The van der Waals surface area contributed by atoms with Crippen LogP contribution < -0.4 is 0 Å². The third-order valence-electron chi connectivity index (χ3n) is 13.4. The normalized spacial score (nSPS) is 55.3. The van der Waals surface area contributed by atoms with E-state index in [1.165, 1.54) is 0 Å². The van der Waals surface area contributed by atoms with Gasteiger partial charge >= 0.3 is 5.97 Å². The molecule has 0 aromatic carbocycles. The smallest absolute Gasteiger partial charge is 0.310 e. The predicted octanol–water partition coefficient (Wildman–Crippen LogP) is 4.15. The summed E-state index contributed by atoms with van der Waals surface area (Å²) in [6, 6.07) is 0. The van der Waals surface area contributed by atoms with E-state index >= 15 is 0 Å². The van der Waals surface area contributed by atoms with Gasteiger partial charge in [0, 0.05) is 11.3 Å². The molecular formula is C30H48O6. The van der Waals surface area contributed by atoms with Crippen LogP contribution in [0.2, 0.25) is 0 Å². The van der Waals surface area contributed by atoms with E-state index < -0.39 is 52.5 Å². The lowest BCUT2D eigenvalue weighted by atomic mass is 9.33. The van der Waals surface area contributed by atoms with Gasteiger partial charge in [0.1, 0.15) is 6.10 Å². The predicted molar refractivity (Wildman–Crippen MR) is 137 cm³/mol. The van der Waals surface area contributed by atoms with E-state index in [2.05, 4.69) is 40.7 Å². The molecule has 0 aromatic rings. The molecule has 5 rings (SSSR count). The van der Waals surface area contributed by atoms with Crippen LogP contribution in [-0.2, 0) is 4.79 Å². The highest BCUT2D eigenvalue weighted by molar-refractivity contribution is 5.77. The summed E-state index contributed by atoms with van der Waals surface area (Å²) in [5.74, 6) is -1.08. The van der Waals surface area contributed by atoms with Crippen LogP contribution >= 0.6 is 0 Å². The van der Waals surface area contributed by atoms with Crippen LogP contribution in [-0.4, -0.2) is 55.9 Å². The Kier molecular flexibility index (Phi) is 5.61. The molecule has 6 nitrogen and oxygen atoms in total. The summed E-state index contributed by atoms with van der Waals surface area (Å²) in [7, 11) is 0. The van der Waals surface area contributed by atoms with Gasteiger partial charge in [0.25, 0.3) is 0 Å². The van der Waals surface area contributed by atoms with E-state index in [4.69, 9.17) is 0 Å². The van der Waals surface area contributed by atoms with Gasteiger partial charge in [0.15, 0.2) is 0 Å². The SMILES string of the molecule is CC1(C)CC[C@]2(C(=O)O)CC[C@]3(C)C(=CC[C@@H]4[C@@]5(C)[C@H](O)[C@@H](O)[C@H](O)C(C)(C)[C@@H]5CC[C@]43C)[C@@H]2[C@H]1O. The second-order valence-electron chi connectivity index (χ2n) is 15.2. The summed E-state index contributed by atoms with van der Waals surface area (Å²) in [5.41, 5.74) is -1.84. The lowest BCUT2D eigenvalue weighted by molar-refractivity contribution is -0.279. The van der Waals surface area contributed by atoms with Crippen molar-refractivity contribution in [3.05, 3.63) is 11.6 Å². The third-order valence-corrected chi connectivity index (χ3v) is 13.4. The Bertz CT molecular complexity index is 986. The summed E-state index contributed by atoms with van der Waals surface area (Å²) in [6.07, 6.45) is 3.29. The summed E-state index contributed by atoms with van der Waals surface area (Å²) >= 11 is 0. The summed E-state index contributed by atoms with van der Waals surface area (Å²) in [6.45, 7) is 14.9. The molecule has 0 bridgehead atoms. The first-order valence-corrected chi connectivity index (χ1v) is 14.1. The number of allylic oxidation sites excluding steroid dienone is 1. The Morgan fingerprint density at radius 1 is 0.806 bits per heavy atom. The molecule has 5 N–H and O–H groups in total. The molecular weight excluding hydrogens is 456 g/mol. The summed E-state index contributed by atoms with van der Waals surface area (Å²) < 4.78 is 0. The van der Waals surface area contributed by atoms with E-state index in [1.54, 1.807) is 0 Å². The largest absolute Gasteiger partial charge is 0.481 e. The number of aliphatic hydroxyl groups excluding tert-OH is 4. The second-order valence-corrected chi connectivity index (χ2v) is 15.2. The van der Waals surface area contributed by atoms with Crippen LogP contribution in [0.3, 0.4) is 0 Å². The van der Waals surface area contributed by atoms with Crippen LogP contribution in [0.25, 0.3) is 0 Å². The number of carbonyl (C=O) groups is 1. The van der Waals surface area contributed by atoms with Crippen molar-refractivity contribution in [1.29, 1.82) is 0 Å². The number of hydrogen-bond acceptors (Lipinski definition) is 5. The maximum atomic E-state index is 12.8. The monoisotopic (exact) mass is 504 g/mol. The van der Waals surface area contributed by atoms with Crippen molar-refractivity contribution in [3.8, 4) is 0 Å². The first-order chi connectivity index (χ1) is 16.4. The molecule has 36 heavy (non-hydrogen) atoms. The fraction of sp³-hybridized carbons (Fsp3) is 0.900. The highest BCUT2D eigenvalue weighted by atomic mass is 16.4. The molecule has 204 valence electrons. The molecule has 6 heteroatoms. The van der Waals surface area contributed by atoms with Crippen molar-refractivity contribution in [3.63, 3.8) is 0 Å². The number of fused-ring (bicyclic) bond motifs is 7. The zero-order chi connectivity index (χ0) is 26.9. The van der Waals surface area contributed by atoms with Gasteiger partial charge in [-0.1, -0.05) is 60.1 Å². The maximum Gasteiger partial charge on any atom is 0.310 e. The molecule has 0 heterocycles. The van der Waals surface area contributed by atoms with E-state index in [1.807, 2.05) is 13.8 Å². The highest BCUT2D eigenvalue weighted by Gasteiger charge is 2.72. The second kappa shape index (κ2) is 7.58. The Labute approximate surface area is 216 Å². The Morgan fingerprint density at radius 2 is 1.42 bits per heavy atom. The molecule has 4 saturated carbocycles. The van der Waals surface area contributed by atoms with E-state index in [9.17, 15) is 30.3 Å². The van der Waals surface area contributed by atoms with Gasteiger partial charge < -0.3 is 25.5 Å². The molecule has 5 aliphatic carbocycles. The number of aliphatic carboxylic acids is 1. The maximum absolute atomic E-state index is 12.8. The van der Waals surface area contributed by atoms with Gasteiger partial charge in [-0.05, 0) is 78.4 Å². The van der Waals surface area contributed by atoms with Gasteiger partial charge in [-0.2, -0.15) is 0 Å². The number of hydrogen-bond donors (Lipinski definition) is 5. The van der Waals surface area contributed by atoms with Gasteiger partial charge in [0.05, 0.1) is 23.7 Å². The first-order valence-electron chi connectivity index (χ1n) is 14.1. The fourth-order valence-corrected chi connectivity index (χ4v) is 10.7. The Hall–Kier alpha value is -0.950. The topological polar surface area (TPSA) is 118 Å². The molecule has 0 aromatic heterocycles. The van der Waals surface area contributed by atoms with Crippen LogP contribution in [0.5, 0.6) is 0 Å². The molecule has 0 unspecified atom stereocenters. The van der Waals surface area contributed by atoms with Crippen LogP contribution in [0.1, 0.15) is 93.4 Å². The Balaban J connectivity index is 1.66. The minimum Gasteiger partial charge on any atom is -0.481 e. The van der Waals surface area contributed by atoms with Crippen molar-refractivity contribution in [1.82, 2.24) is 0 Å². The average Bonchev–Trinajstić information content (AvgIpc) is 2.79. The van der Waals surface area contributed by atoms with Crippen molar-refractivity contribution in [2.75, 3.05) is 0 Å². The number of carboxylic acid groups (broad SMARTS) is 1. The average molecular weight is 505 g/mol. The molecule has 0 amide bonds. The molecule has 4 fully saturated rings. The zero-order valence-electron chi connectivity index (χ0n) is 23.2. The molecule has 0 aliphatic heterocycles. The molecule has 0 saturated heterocycles. The first kappa shape index (κ1) is 26.6. The number of aliphatic hydroxyl groups is 4. The minimum absolute atomic E-state index is 0.0518. The number of rotatable bonds is 1. The summed E-state index contributed by atoms with van der Waals surface area (Å²) in [5, 5.41) is 55.6. The van der Waals surface area contributed by atoms with Gasteiger partial charge in [-0.25, -0.2) is 0 Å². The third kappa shape index (κ3) is 2.85. The zero-order valence-corrected chi connectivity index (χ0v) is 23.2. The Morgan fingerprint density at radius 3 is 2.03 bits per heavy atom. The van der Waals surface area contributed by atoms with Gasteiger partial charge in [-0.3, -0.25) is 4.79 Å². The van der Waals surface area contributed by atoms with Gasteiger partial charge in [-0.15, -0.1) is 0 Å². The van der Waals surface area contributed by atoms with Crippen LogP contribution in [0.15, 0.2) is 11.6 Å². The summed E-state index contributed by atoms with van der Waals surface area (Å²) in [4.78, 5) is 12.8.